The molecule has 20 heavy (non-hydrogen) atoms. The maximum Gasteiger partial charge on any atom is 0.143 e. The van der Waals surface area contributed by atoms with Crippen molar-refractivity contribution < 1.29 is 9.84 Å². The van der Waals surface area contributed by atoms with Crippen molar-refractivity contribution in [2.75, 3.05) is 18.5 Å². The van der Waals surface area contributed by atoms with Gasteiger partial charge < -0.3 is 14.7 Å². The van der Waals surface area contributed by atoms with Crippen molar-refractivity contribution in [3.8, 4) is 11.5 Å². The molecule has 3 rings (SSSR count). The first-order valence-corrected chi connectivity index (χ1v) is 6.88. The van der Waals surface area contributed by atoms with Gasteiger partial charge in [0.2, 0.25) is 0 Å². The molecule has 3 heteroatoms. The highest BCUT2D eigenvalue weighted by molar-refractivity contribution is 5.62. The zero-order chi connectivity index (χ0) is 14.1. The molecule has 3 nitrogen and oxygen atoms in total. The highest BCUT2D eigenvalue weighted by Gasteiger charge is 2.23. The molecule has 1 aliphatic rings. The van der Waals surface area contributed by atoms with Crippen LogP contribution in [0.3, 0.4) is 0 Å². The molecule has 0 radical (unpaired) electrons. The summed E-state index contributed by atoms with van der Waals surface area (Å²) in [6, 6.07) is 13.8. The van der Waals surface area contributed by atoms with E-state index in [1.165, 1.54) is 11.1 Å². The fraction of sp³-hybridized carbons (Fsp3) is 0.294. The number of phenolic OH excluding ortho intramolecular Hbond substituents is 1. The maximum absolute atomic E-state index is 9.56. The lowest BCUT2D eigenvalue weighted by Crippen LogP contribution is -2.38. The molecule has 0 bridgehead atoms. The van der Waals surface area contributed by atoms with Gasteiger partial charge in [0, 0.05) is 19.5 Å². The summed E-state index contributed by atoms with van der Waals surface area (Å²) in [4.78, 5) is 2.14. The highest BCUT2D eigenvalue weighted by atomic mass is 16.5. The molecule has 0 fully saturated rings. The van der Waals surface area contributed by atoms with Crippen molar-refractivity contribution in [2.45, 2.75) is 19.4 Å². The SMILES string of the molecule is Cc1cccc(CC2CN(C)c3cc(O)ccc3O2)c1. The van der Waals surface area contributed by atoms with Gasteiger partial charge >= 0.3 is 0 Å². The Hall–Kier alpha value is -2.16. The molecule has 104 valence electrons. The van der Waals surface area contributed by atoms with Crippen LogP contribution in [-0.2, 0) is 6.42 Å². The number of phenols is 1. The minimum absolute atomic E-state index is 0.138. The zero-order valence-electron chi connectivity index (χ0n) is 11.8. The first-order valence-electron chi connectivity index (χ1n) is 6.88. The summed E-state index contributed by atoms with van der Waals surface area (Å²) in [7, 11) is 2.03. The van der Waals surface area contributed by atoms with Gasteiger partial charge in [0.05, 0.1) is 12.2 Å². The van der Waals surface area contributed by atoms with Gasteiger partial charge in [0.1, 0.15) is 17.6 Å². The van der Waals surface area contributed by atoms with E-state index < -0.39 is 0 Å². The minimum Gasteiger partial charge on any atom is -0.508 e. The normalized spacial score (nSPS) is 17.5. The Morgan fingerprint density at radius 1 is 1.25 bits per heavy atom. The molecule has 2 aromatic rings. The number of likely N-dealkylation sites (N-methyl/N-ethyl adjacent to an activating group) is 1. The standard InChI is InChI=1S/C17H19NO2/c1-12-4-3-5-13(8-12)9-15-11-18(2)16-10-14(19)6-7-17(16)20-15/h3-8,10,15,19H,9,11H2,1-2H3. The molecule has 0 saturated carbocycles. The van der Waals surface area contributed by atoms with Crippen LogP contribution in [0.4, 0.5) is 5.69 Å². The molecule has 1 atom stereocenters. The molecule has 1 unspecified atom stereocenters. The smallest absolute Gasteiger partial charge is 0.143 e. The average molecular weight is 269 g/mol. The predicted octanol–water partition coefficient (Wildman–Crippen LogP) is 3.14. The highest BCUT2D eigenvalue weighted by Crippen LogP contribution is 2.35. The van der Waals surface area contributed by atoms with Gasteiger partial charge in [0.25, 0.3) is 0 Å². The van der Waals surface area contributed by atoms with Gasteiger partial charge in [0.15, 0.2) is 0 Å². The van der Waals surface area contributed by atoms with Crippen molar-refractivity contribution >= 4 is 5.69 Å². The van der Waals surface area contributed by atoms with Crippen molar-refractivity contribution in [1.82, 2.24) is 0 Å². The minimum atomic E-state index is 0.138. The second-order valence-electron chi connectivity index (χ2n) is 5.47. The lowest BCUT2D eigenvalue weighted by atomic mass is 10.0. The van der Waals surface area contributed by atoms with Crippen molar-refractivity contribution in [3.05, 3.63) is 53.6 Å². The van der Waals surface area contributed by atoms with Crippen LogP contribution in [0.15, 0.2) is 42.5 Å². The van der Waals surface area contributed by atoms with E-state index in [4.69, 9.17) is 4.74 Å². The molecule has 0 aliphatic carbocycles. The second-order valence-corrected chi connectivity index (χ2v) is 5.47. The Morgan fingerprint density at radius 2 is 2.10 bits per heavy atom. The summed E-state index contributed by atoms with van der Waals surface area (Å²) in [5.74, 6) is 1.12. The number of benzene rings is 2. The van der Waals surface area contributed by atoms with Gasteiger partial charge in [-0.05, 0) is 24.6 Å². The number of fused-ring (bicyclic) bond motifs is 1. The summed E-state index contributed by atoms with van der Waals surface area (Å²) in [5, 5.41) is 9.56. The quantitative estimate of drug-likeness (QED) is 0.909. The average Bonchev–Trinajstić information content (AvgIpc) is 2.40. The van der Waals surface area contributed by atoms with E-state index in [1.807, 2.05) is 13.1 Å². The summed E-state index contributed by atoms with van der Waals surface area (Å²) >= 11 is 0. The number of hydrogen-bond acceptors (Lipinski definition) is 3. The molecule has 1 heterocycles. The molecule has 0 spiro atoms. The summed E-state index contributed by atoms with van der Waals surface area (Å²) < 4.78 is 6.05. The Kier molecular flexibility index (Phi) is 3.26. The zero-order valence-corrected chi connectivity index (χ0v) is 11.8. The number of nitrogens with zero attached hydrogens (tertiary/aromatic N) is 1. The number of ether oxygens (including phenoxy) is 1. The molecular weight excluding hydrogens is 250 g/mol. The Bertz CT molecular complexity index is 624. The largest absolute Gasteiger partial charge is 0.508 e. The third-order valence-electron chi connectivity index (χ3n) is 3.67. The first-order chi connectivity index (χ1) is 9.61. The summed E-state index contributed by atoms with van der Waals surface area (Å²) in [6.07, 6.45) is 1.03. The molecule has 1 N–H and O–H groups in total. The molecule has 1 aliphatic heterocycles. The van der Waals surface area contributed by atoms with Crippen molar-refractivity contribution in [3.63, 3.8) is 0 Å². The molecule has 0 amide bonds. The van der Waals surface area contributed by atoms with E-state index >= 15 is 0 Å². The van der Waals surface area contributed by atoms with Gasteiger partial charge in [-0.1, -0.05) is 29.8 Å². The second kappa shape index (κ2) is 5.08. The van der Waals surface area contributed by atoms with Crippen LogP contribution in [0.2, 0.25) is 0 Å². The third-order valence-corrected chi connectivity index (χ3v) is 3.67. The van der Waals surface area contributed by atoms with Crippen molar-refractivity contribution in [1.29, 1.82) is 0 Å². The van der Waals surface area contributed by atoms with E-state index in [-0.39, 0.29) is 11.9 Å². The van der Waals surface area contributed by atoms with E-state index in [0.717, 1.165) is 24.4 Å². The van der Waals surface area contributed by atoms with E-state index in [0.29, 0.717) is 0 Å². The Morgan fingerprint density at radius 3 is 2.90 bits per heavy atom. The number of aromatic hydroxyl groups is 1. The summed E-state index contributed by atoms with van der Waals surface area (Å²) in [6.45, 7) is 2.93. The first kappa shape index (κ1) is 12.9. The number of aryl methyl sites for hydroxylation is 1. The maximum atomic E-state index is 9.56. The van der Waals surface area contributed by atoms with E-state index in [1.54, 1.807) is 12.1 Å². The van der Waals surface area contributed by atoms with Gasteiger partial charge in [-0.3, -0.25) is 0 Å². The van der Waals surface area contributed by atoms with Crippen LogP contribution in [0.1, 0.15) is 11.1 Å². The lowest BCUT2D eigenvalue weighted by Gasteiger charge is -2.34. The molecule has 2 aromatic carbocycles. The van der Waals surface area contributed by atoms with Crippen LogP contribution in [0, 0.1) is 6.92 Å². The summed E-state index contributed by atoms with van der Waals surface area (Å²) in [5.41, 5.74) is 3.52. The van der Waals surface area contributed by atoms with Crippen molar-refractivity contribution in [2.24, 2.45) is 0 Å². The molecule has 0 aromatic heterocycles. The number of anilines is 1. The molecular formula is C17H19NO2. The topological polar surface area (TPSA) is 32.7 Å². The predicted molar refractivity (Wildman–Crippen MR) is 80.7 cm³/mol. The van der Waals surface area contributed by atoms with Gasteiger partial charge in [-0.15, -0.1) is 0 Å². The van der Waals surface area contributed by atoms with Crippen LogP contribution < -0.4 is 9.64 Å². The Labute approximate surface area is 119 Å². The Balaban J connectivity index is 1.79. The number of rotatable bonds is 2. The molecule has 0 saturated heterocycles. The van der Waals surface area contributed by atoms with Gasteiger partial charge in [-0.25, -0.2) is 0 Å². The number of hydrogen-bond donors (Lipinski definition) is 1. The monoisotopic (exact) mass is 269 g/mol. The fourth-order valence-electron chi connectivity index (χ4n) is 2.73. The van der Waals surface area contributed by atoms with Gasteiger partial charge in [-0.2, -0.15) is 0 Å². The van der Waals surface area contributed by atoms with E-state index in [2.05, 4.69) is 36.1 Å². The van der Waals surface area contributed by atoms with Crippen LogP contribution in [-0.4, -0.2) is 24.8 Å². The van der Waals surface area contributed by atoms with Crippen LogP contribution >= 0.6 is 0 Å². The van der Waals surface area contributed by atoms with Crippen LogP contribution in [0.25, 0.3) is 0 Å². The lowest BCUT2D eigenvalue weighted by molar-refractivity contribution is 0.196. The fourth-order valence-corrected chi connectivity index (χ4v) is 2.73. The van der Waals surface area contributed by atoms with Crippen LogP contribution in [0.5, 0.6) is 11.5 Å². The van der Waals surface area contributed by atoms with E-state index in [9.17, 15) is 5.11 Å². The third kappa shape index (κ3) is 2.57.